The van der Waals surface area contributed by atoms with Crippen LogP contribution in [0.25, 0.3) is 0 Å². The first kappa shape index (κ1) is 21.8. The summed E-state index contributed by atoms with van der Waals surface area (Å²) in [6, 6.07) is 0. The molecule has 0 saturated heterocycles. The molecule has 4 fully saturated rings. The van der Waals surface area contributed by atoms with Crippen LogP contribution in [0, 0.1) is 52.3 Å². The van der Waals surface area contributed by atoms with Crippen LogP contribution in [-0.4, -0.2) is 17.0 Å². The van der Waals surface area contributed by atoms with E-state index in [9.17, 15) is 9.90 Å². The van der Waals surface area contributed by atoms with Crippen molar-refractivity contribution in [2.75, 3.05) is 0 Å². The zero-order chi connectivity index (χ0) is 21.0. The van der Waals surface area contributed by atoms with Crippen LogP contribution in [0.3, 0.4) is 0 Å². The minimum absolute atomic E-state index is 0.0110. The molecule has 0 aromatic heterocycles. The number of hydrogen-bond acceptors (Lipinski definition) is 2. The van der Waals surface area contributed by atoms with Gasteiger partial charge in [-0.25, -0.2) is 0 Å². The van der Waals surface area contributed by atoms with Crippen molar-refractivity contribution in [3.05, 3.63) is 0 Å². The third-order valence-corrected chi connectivity index (χ3v) is 10.7. The maximum Gasteiger partial charge on any atom is 0.136 e. The van der Waals surface area contributed by atoms with Gasteiger partial charge in [0.15, 0.2) is 0 Å². The fraction of sp³-hybridized carbons (Fsp3) is 0.963. The monoisotopic (exact) mass is 402 g/mol. The van der Waals surface area contributed by atoms with E-state index in [2.05, 4.69) is 34.6 Å². The second kappa shape index (κ2) is 7.95. The van der Waals surface area contributed by atoms with Crippen LogP contribution in [0.15, 0.2) is 0 Å². The molecule has 1 N–H and O–H groups in total. The SMILES string of the molecule is CC(C)CCC(=O)[C@@H](C)[C@H]1C(O)C[C@H]2[C@@H]3CCC4CCCC[C@]4(C)[C@H]3CC[C@]12C. The summed E-state index contributed by atoms with van der Waals surface area (Å²) in [5.41, 5.74) is 0.704. The number of Topliss-reactive ketones (excluding diaryl/α,β-unsaturated/α-hetero) is 1. The normalized spacial score (nSPS) is 48.0. The molecule has 2 unspecified atom stereocenters. The maximum absolute atomic E-state index is 13.0. The largest absolute Gasteiger partial charge is 0.393 e. The molecule has 2 heteroatoms. The van der Waals surface area contributed by atoms with Crippen LogP contribution in [0.4, 0.5) is 0 Å². The molecule has 9 atom stereocenters. The van der Waals surface area contributed by atoms with Crippen molar-refractivity contribution in [1.82, 2.24) is 0 Å². The van der Waals surface area contributed by atoms with E-state index in [1.165, 1.54) is 51.4 Å². The molecule has 4 rings (SSSR count). The van der Waals surface area contributed by atoms with Crippen LogP contribution in [-0.2, 0) is 4.79 Å². The highest BCUT2D eigenvalue weighted by Crippen LogP contribution is 2.68. The molecule has 0 bridgehead atoms. The quantitative estimate of drug-likeness (QED) is 0.559. The lowest BCUT2D eigenvalue weighted by molar-refractivity contribution is -0.134. The van der Waals surface area contributed by atoms with E-state index in [0.29, 0.717) is 29.5 Å². The van der Waals surface area contributed by atoms with Gasteiger partial charge in [-0.1, -0.05) is 47.5 Å². The van der Waals surface area contributed by atoms with Gasteiger partial charge in [0, 0.05) is 12.3 Å². The molecular weight excluding hydrogens is 356 g/mol. The molecule has 0 aliphatic heterocycles. The molecule has 4 saturated carbocycles. The summed E-state index contributed by atoms with van der Waals surface area (Å²) in [6.07, 6.45) is 13.4. The summed E-state index contributed by atoms with van der Waals surface area (Å²) >= 11 is 0. The van der Waals surface area contributed by atoms with Crippen LogP contribution in [0.2, 0.25) is 0 Å². The topological polar surface area (TPSA) is 37.3 Å². The average Bonchev–Trinajstić information content (AvgIpc) is 2.95. The predicted molar refractivity (Wildman–Crippen MR) is 119 cm³/mol. The first-order chi connectivity index (χ1) is 13.7. The van der Waals surface area contributed by atoms with Gasteiger partial charge in [-0.2, -0.15) is 0 Å². The first-order valence-corrected chi connectivity index (χ1v) is 12.9. The van der Waals surface area contributed by atoms with Gasteiger partial charge in [-0.05, 0) is 97.7 Å². The summed E-state index contributed by atoms with van der Waals surface area (Å²) in [5.74, 6) is 4.37. The standard InChI is InChI=1S/C27H46O2/c1-17(2)9-12-23(28)18(3)25-24(29)16-22-20-11-10-19-8-6-7-14-26(19,4)21(20)13-15-27(22,25)5/h17-22,24-25,29H,6-16H2,1-5H3/t18-,19?,20-,21+,22+,24?,25+,26+,27+/m1/s1. The van der Waals surface area contributed by atoms with Gasteiger partial charge in [0.05, 0.1) is 6.10 Å². The highest BCUT2D eigenvalue weighted by Gasteiger charge is 2.62. The molecule has 0 aromatic carbocycles. The van der Waals surface area contributed by atoms with Crippen LogP contribution < -0.4 is 0 Å². The van der Waals surface area contributed by atoms with E-state index in [0.717, 1.165) is 30.6 Å². The van der Waals surface area contributed by atoms with E-state index in [-0.39, 0.29) is 23.4 Å². The zero-order valence-corrected chi connectivity index (χ0v) is 19.8. The van der Waals surface area contributed by atoms with Crippen molar-refractivity contribution < 1.29 is 9.90 Å². The van der Waals surface area contributed by atoms with E-state index in [1.54, 1.807) is 0 Å². The number of carbonyl (C=O) groups is 1. The van der Waals surface area contributed by atoms with Gasteiger partial charge in [0.1, 0.15) is 5.78 Å². The molecule has 0 amide bonds. The molecule has 0 aromatic rings. The van der Waals surface area contributed by atoms with Gasteiger partial charge in [0.2, 0.25) is 0 Å². The van der Waals surface area contributed by atoms with Gasteiger partial charge in [-0.15, -0.1) is 0 Å². The molecule has 2 nitrogen and oxygen atoms in total. The molecule has 166 valence electrons. The summed E-state index contributed by atoms with van der Waals surface area (Å²) in [7, 11) is 0. The number of ketones is 1. The zero-order valence-electron chi connectivity index (χ0n) is 19.8. The highest BCUT2D eigenvalue weighted by molar-refractivity contribution is 5.81. The molecule has 0 radical (unpaired) electrons. The van der Waals surface area contributed by atoms with Gasteiger partial charge >= 0.3 is 0 Å². The Morgan fingerprint density at radius 2 is 1.72 bits per heavy atom. The Labute approximate surface area is 179 Å². The van der Waals surface area contributed by atoms with Crippen molar-refractivity contribution in [2.24, 2.45) is 52.3 Å². The van der Waals surface area contributed by atoms with E-state index >= 15 is 0 Å². The van der Waals surface area contributed by atoms with Crippen molar-refractivity contribution in [3.8, 4) is 0 Å². The van der Waals surface area contributed by atoms with Crippen molar-refractivity contribution in [2.45, 2.75) is 111 Å². The Hall–Kier alpha value is -0.370. The van der Waals surface area contributed by atoms with Crippen molar-refractivity contribution >= 4 is 5.78 Å². The lowest BCUT2D eigenvalue weighted by Gasteiger charge is -2.60. The number of hydrogen-bond donors (Lipinski definition) is 1. The third-order valence-electron chi connectivity index (χ3n) is 10.7. The Balaban J connectivity index is 1.54. The number of fused-ring (bicyclic) bond motifs is 5. The second-order valence-corrected chi connectivity index (χ2v) is 12.5. The Bertz CT molecular complexity index is 612. The second-order valence-electron chi connectivity index (χ2n) is 12.5. The van der Waals surface area contributed by atoms with Crippen LogP contribution >= 0.6 is 0 Å². The van der Waals surface area contributed by atoms with Gasteiger partial charge in [-0.3, -0.25) is 4.79 Å². The number of carbonyl (C=O) groups excluding carboxylic acids is 1. The summed E-state index contributed by atoms with van der Waals surface area (Å²) in [6.45, 7) is 11.6. The first-order valence-electron chi connectivity index (χ1n) is 12.9. The fourth-order valence-corrected chi connectivity index (χ4v) is 9.11. The molecule has 4 aliphatic rings. The third kappa shape index (κ3) is 3.54. The van der Waals surface area contributed by atoms with Crippen LogP contribution in [0.5, 0.6) is 0 Å². The molecule has 29 heavy (non-hydrogen) atoms. The Kier molecular flexibility index (Phi) is 5.99. The maximum atomic E-state index is 13.0. The highest BCUT2D eigenvalue weighted by atomic mass is 16.3. The van der Waals surface area contributed by atoms with Crippen LogP contribution in [0.1, 0.15) is 105 Å². The lowest BCUT2D eigenvalue weighted by Crippen LogP contribution is -2.53. The number of aliphatic hydroxyl groups is 1. The number of aliphatic hydroxyl groups excluding tert-OH is 1. The van der Waals surface area contributed by atoms with Gasteiger partial charge in [0.25, 0.3) is 0 Å². The van der Waals surface area contributed by atoms with Gasteiger partial charge < -0.3 is 5.11 Å². The average molecular weight is 403 g/mol. The summed E-state index contributed by atoms with van der Waals surface area (Å²) in [5, 5.41) is 11.2. The minimum Gasteiger partial charge on any atom is -0.393 e. The van der Waals surface area contributed by atoms with E-state index in [4.69, 9.17) is 0 Å². The molecule has 0 heterocycles. The lowest BCUT2D eigenvalue weighted by atomic mass is 9.44. The molecule has 0 spiro atoms. The Morgan fingerprint density at radius 3 is 2.45 bits per heavy atom. The van der Waals surface area contributed by atoms with E-state index < -0.39 is 0 Å². The summed E-state index contributed by atoms with van der Waals surface area (Å²) in [4.78, 5) is 13.0. The predicted octanol–water partition coefficient (Wildman–Crippen LogP) is 6.65. The Morgan fingerprint density at radius 1 is 0.966 bits per heavy atom. The minimum atomic E-state index is -0.279. The summed E-state index contributed by atoms with van der Waals surface area (Å²) < 4.78 is 0. The molecule has 4 aliphatic carbocycles. The van der Waals surface area contributed by atoms with Crippen molar-refractivity contribution in [3.63, 3.8) is 0 Å². The smallest absolute Gasteiger partial charge is 0.136 e. The van der Waals surface area contributed by atoms with E-state index in [1.807, 2.05) is 0 Å². The van der Waals surface area contributed by atoms with Crippen molar-refractivity contribution in [1.29, 1.82) is 0 Å². The fourth-order valence-electron chi connectivity index (χ4n) is 9.11. The number of rotatable bonds is 5. The molecular formula is C27H46O2.